The highest BCUT2D eigenvalue weighted by Crippen LogP contribution is 2.51. The Bertz CT molecular complexity index is 775. The fourth-order valence-electron chi connectivity index (χ4n) is 2.63. The second-order valence-electron chi connectivity index (χ2n) is 6.51. The lowest BCUT2D eigenvalue weighted by atomic mass is 10.1. The van der Waals surface area contributed by atoms with Crippen LogP contribution in [0.25, 0.3) is 0 Å². The summed E-state index contributed by atoms with van der Waals surface area (Å²) in [5, 5.41) is 2.49. The van der Waals surface area contributed by atoms with Gasteiger partial charge in [-0.3, -0.25) is 18.4 Å². The molecule has 0 aromatic carbocycles. The molecule has 11 nitrogen and oxygen atoms in total. The number of methoxy groups -OCH3 is 1. The Morgan fingerprint density at radius 3 is 2.46 bits per heavy atom. The number of rotatable bonds is 7. The minimum Gasteiger partial charge on any atom is -0.374 e. The molecule has 28 heavy (non-hydrogen) atoms. The number of carbonyl (C=O) groups excluding carboxylic acids is 1. The molecule has 2 aliphatic rings. The summed E-state index contributed by atoms with van der Waals surface area (Å²) in [6.07, 6.45) is -0.474. The summed E-state index contributed by atoms with van der Waals surface area (Å²) in [5.74, 6) is 0.413. The summed E-state index contributed by atoms with van der Waals surface area (Å²) >= 11 is 0. The molecule has 158 valence electrons. The molecular formula is C15H24N2O9P2. The molecule has 0 spiro atoms. The number of hydrogen-bond donors (Lipinski definition) is 4. The molecule has 1 fully saturated rings. The first-order chi connectivity index (χ1) is 12.9. The first-order valence-electron chi connectivity index (χ1n) is 8.26. The average molecular weight is 438 g/mol. The zero-order valence-electron chi connectivity index (χ0n) is 15.5. The van der Waals surface area contributed by atoms with Gasteiger partial charge in [-0.05, 0) is 6.08 Å². The monoisotopic (exact) mass is 438 g/mol. The maximum absolute atomic E-state index is 12.4. The van der Waals surface area contributed by atoms with E-state index in [-0.39, 0.29) is 5.82 Å². The van der Waals surface area contributed by atoms with Crippen LogP contribution < -0.4 is 5.32 Å². The maximum atomic E-state index is 12.4. The van der Waals surface area contributed by atoms with Crippen LogP contribution in [0, 0.1) is 0 Å². The van der Waals surface area contributed by atoms with Crippen LogP contribution in [0.2, 0.25) is 0 Å². The third-order valence-electron chi connectivity index (χ3n) is 4.13. The van der Waals surface area contributed by atoms with Crippen LogP contribution in [0.5, 0.6) is 0 Å². The lowest BCUT2D eigenvalue weighted by Crippen LogP contribution is -2.47. The van der Waals surface area contributed by atoms with Crippen LogP contribution in [0.4, 0.5) is 0 Å². The summed E-state index contributed by atoms with van der Waals surface area (Å²) in [7, 11) is -7.25. The topological polar surface area (TPSA) is 155 Å². The molecule has 2 aliphatic heterocycles. The largest absolute Gasteiger partial charge is 0.374 e. The van der Waals surface area contributed by atoms with E-state index in [1.54, 1.807) is 0 Å². The molecule has 0 saturated carbocycles. The van der Waals surface area contributed by atoms with E-state index in [0.29, 0.717) is 5.82 Å². The van der Waals surface area contributed by atoms with Gasteiger partial charge in [0.15, 0.2) is 6.23 Å². The van der Waals surface area contributed by atoms with Gasteiger partial charge in [0.05, 0.1) is 5.66 Å². The molecule has 2 heterocycles. The van der Waals surface area contributed by atoms with Crippen LogP contribution in [-0.2, 0) is 27.9 Å². The number of hydrogen-bond acceptors (Lipinski definition) is 7. The van der Waals surface area contributed by atoms with E-state index in [1.807, 2.05) is 0 Å². The quantitative estimate of drug-likeness (QED) is 0.420. The van der Waals surface area contributed by atoms with Gasteiger partial charge in [-0.25, -0.2) is 0 Å². The van der Waals surface area contributed by atoms with E-state index in [1.165, 1.54) is 38.1 Å². The van der Waals surface area contributed by atoms with Gasteiger partial charge in [-0.15, -0.1) is 0 Å². The average Bonchev–Trinajstić information content (AvgIpc) is 2.88. The van der Waals surface area contributed by atoms with E-state index in [4.69, 9.17) is 23.8 Å². The highest BCUT2D eigenvalue weighted by molar-refractivity contribution is 7.55. The summed E-state index contributed by atoms with van der Waals surface area (Å²) in [6.45, 7) is 6.72. The Morgan fingerprint density at radius 2 is 1.96 bits per heavy atom. The molecule has 0 radical (unpaired) electrons. The Labute approximate surface area is 162 Å². The van der Waals surface area contributed by atoms with Crippen molar-refractivity contribution >= 4 is 21.1 Å². The highest BCUT2D eigenvalue weighted by atomic mass is 31.2. The Morgan fingerprint density at radius 1 is 1.32 bits per heavy atom. The number of nitrogens with one attached hydrogen (secondary N) is 1. The smallest absolute Gasteiger partial charge is 0.348 e. The molecule has 0 aromatic heterocycles. The third kappa shape index (κ3) is 5.40. The van der Waals surface area contributed by atoms with Crippen LogP contribution in [0.15, 0.2) is 36.6 Å². The van der Waals surface area contributed by atoms with Crippen molar-refractivity contribution in [1.82, 2.24) is 10.2 Å². The number of carbonyl (C=O) groups is 1. The van der Waals surface area contributed by atoms with Gasteiger partial charge in [-0.1, -0.05) is 20.4 Å². The number of nitrogens with zero attached hydrogens (tertiary/aromatic N) is 1. The fourth-order valence-corrected chi connectivity index (χ4v) is 3.86. The normalized spacial score (nSPS) is 30.9. The molecule has 0 aliphatic carbocycles. The van der Waals surface area contributed by atoms with Gasteiger partial charge >= 0.3 is 15.2 Å². The van der Waals surface area contributed by atoms with Gasteiger partial charge in [0.25, 0.3) is 5.91 Å². The van der Waals surface area contributed by atoms with Crippen molar-refractivity contribution < 1.29 is 42.6 Å². The minimum absolute atomic E-state index is 0.175. The van der Waals surface area contributed by atoms with E-state index < -0.39 is 51.3 Å². The molecule has 2 rings (SSSR count). The van der Waals surface area contributed by atoms with Crippen molar-refractivity contribution in [2.75, 3.05) is 7.11 Å². The van der Waals surface area contributed by atoms with Gasteiger partial charge in [0.1, 0.15) is 24.1 Å². The lowest BCUT2D eigenvalue weighted by Gasteiger charge is -2.34. The fraction of sp³-hybridized carbons (Fsp3) is 0.533. The van der Waals surface area contributed by atoms with E-state index >= 15 is 0 Å². The predicted octanol–water partition coefficient (Wildman–Crippen LogP) is 0.813. The summed E-state index contributed by atoms with van der Waals surface area (Å²) in [4.78, 5) is 41.2. The number of ether oxygens (including phenoxy) is 2. The van der Waals surface area contributed by atoms with Gasteiger partial charge < -0.3 is 34.4 Å². The van der Waals surface area contributed by atoms with Crippen LogP contribution in [0.1, 0.15) is 13.8 Å². The van der Waals surface area contributed by atoms with Crippen LogP contribution >= 0.6 is 15.2 Å². The predicted molar refractivity (Wildman–Crippen MR) is 98.7 cm³/mol. The molecule has 13 heteroatoms. The van der Waals surface area contributed by atoms with Crippen molar-refractivity contribution in [2.24, 2.45) is 0 Å². The molecular weight excluding hydrogens is 414 g/mol. The van der Waals surface area contributed by atoms with Crippen LogP contribution in [-0.4, -0.2) is 62.8 Å². The summed E-state index contributed by atoms with van der Waals surface area (Å²) in [5.41, 5.74) is -0.723. The van der Waals surface area contributed by atoms with Crippen molar-refractivity contribution in [2.45, 2.75) is 44.0 Å². The summed E-state index contributed by atoms with van der Waals surface area (Å²) < 4.78 is 40.2. The van der Waals surface area contributed by atoms with Crippen molar-refractivity contribution in [3.05, 3.63) is 36.6 Å². The Kier molecular flexibility index (Phi) is 7.07. The molecule has 1 amide bonds. The van der Waals surface area contributed by atoms with Crippen molar-refractivity contribution in [1.29, 1.82) is 0 Å². The second kappa shape index (κ2) is 8.61. The van der Waals surface area contributed by atoms with Gasteiger partial charge in [0, 0.05) is 25.2 Å². The molecule has 1 saturated heterocycles. The summed E-state index contributed by atoms with van der Waals surface area (Å²) in [6, 6.07) is 0. The maximum Gasteiger partial charge on any atom is 0.348 e. The molecule has 0 aromatic rings. The van der Waals surface area contributed by atoms with E-state index in [0.717, 1.165) is 6.08 Å². The Balaban J connectivity index is 2.39. The minimum atomic E-state index is -4.51. The van der Waals surface area contributed by atoms with Gasteiger partial charge in [-0.2, -0.15) is 0 Å². The van der Waals surface area contributed by atoms with Gasteiger partial charge in [0.2, 0.25) is 0 Å². The van der Waals surface area contributed by atoms with E-state index in [2.05, 4.69) is 11.9 Å². The first kappa shape index (κ1) is 23.0. The third-order valence-corrected chi connectivity index (χ3v) is 6.54. The Hall–Kier alpha value is -1.29. The molecule has 1 unspecified atom stereocenters. The van der Waals surface area contributed by atoms with E-state index in [9.17, 15) is 18.8 Å². The van der Waals surface area contributed by atoms with Crippen LogP contribution in [0.3, 0.4) is 0 Å². The number of amides is 1. The highest BCUT2D eigenvalue weighted by Gasteiger charge is 2.50. The molecule has 0 bridgehead atoms. The zero-order chi connectivity index (χ0) is 21.3. The molecule has 5 atom stereocenters. The van der Waals surface area contributed by atoms with Crippen molar-refractivity contribution in [3.8, 4) is 0 Å². The zero-order valence-corrected chi connectivity index (χ0v) is 17.3. The standard InChI is InChI=1S/C15H24N2O9P2/c1-9(2)28(22,23)26-13-11(6-8-27(19,20)21)25-15(14(13)24-4)17-7-5-12(18)16-10(17)3/h5-9,11,13-15H,3H2,1-2,4H3,(H,16,18)(H,22,23)(H2,19,20,21)/b8-6+/t11-,13-,14-,15-/m1/s1. The SMILES string of the molecule is C=C1NC(=O)C=CN1[C@@H]1O[C@H](/C=C/P(=O)(O)O)[C@@H](OP(=O)(O)C(C)C)[C@H]1OC. The second-order valence-corrected chi connectivity index (χ2v) is 10.4. The first-order valence-corrected chi connectivity index (χ1v) is 11.6. The van der Waals surface area contributed by atoms with Crippen molar-refractivity contribution in [3.63, 3.8) is 0 Å². The molecule has 4 N–H and O–H groups in total. The lowest BCUT2D eigenvalue weighted by molar-refractivity contribution is -0.118.